The van der Waals surface area contributed by atoms with E-state index >= 15 is 0 Å². The first-order chi connectivity index (χ1) is 9.38. The van der Waals surface area contributed by atoms with Crippen molar-refractivity contribution in [3.8, 4) is 5.75 Å². The maximum Gasteiger partial charge on any atom is 0.122 e. The summed E-state index contributed by atoms with van der Waals surface area (Å²) < 4.78 is 5.73. The van der Waals surface area contributed by atoms with Gasteiger partial charge in [-0.25, -0.2) is 0 Å². The van der Waals surface area contributed by atoms with Gasteiger partial charge in [0.25, 0.3) is 0 Å². The number of hydrogen-bond donors (Lipinski definition) is 1. The average Bonchev–Trinajstić information content (AvgIpc) is 2.48. The lowest BCUT2D eigenvalue weighted by Crippen LogP contribution is -2.44. The fourth-order valence-electron chi connectivity index (χ4n) is 3.40. The summed E-state index contributed by atoms with van der Waals surface area (Å²) in [7, 11) is 0. The molecule has 1 aromatic rings. The molecule has 3 nitrogen and oxygen atoms in total. The standard InChI is InChI=1S/C16H23NO2/c18-12-14-5-3-4-9-17(14)11-13-8-10-19-16-7-2-1-6-15(13)16/h1-2,6-7,13-14,18H,3-5,8-12H2. The minimum atomic E-state index is 0.296. The van der Waals surface area contributed by atoms with Crippen LogP contribution in [0.2, 0.25) is 0 Å². The van der Waals surface area contributed by atoms with Crippen molar-refractivity contribution < 1.29 is 9.84 Å². The predicted molar refractivity (Wildman–Crippen MR) is 75.6 cm³/mol. The van der Waals surface area contributed by atoms with E-state index in [1.54, 1.807) is 0 Å². The number of nitrogens with zero attached hydrogens (tertiary/aromatic N) is 1. The summed E-state index contributed by atoms with van der Waals surface area (Å²) in [5.74, 6) is 1.61. The Balaban J connectivity index is 1.73. The summed E-state index contributed by atoms with van der Waals surface area (Å²) >= 11 is 0. The van der Waals surface area contributed by atoms with Gasteiger partial charge in [0, 0.05) is 18.5 Å². The summed E-state index contributed by atoms with van der Waals surface area (Å²) in [5.41, 5.74) is 1.34. The van der Waals surface area contributed by atoms with E-state index in [0.717, 1.165) is 38.3 Å². The van der Waals surface area contributed by atoms with Crippen molar-refractivity contribution in [2.24, 2.45) is 0 Å². The molecule has 0 aliphatic carbocycles. The van der Waals surface area contributed by atoms with Gasteiger partial charge in [-0.3, -0.25) is 4.90 Å². The van der Waals surface area contributed by atoms with Gasteiger partial charge < -0.3 is 9.84 Å². The van der Waals surface area contributed by atoms with Crippen molar-refractivity contribution in [3.05, 3.63) is 29.8 Å². The third-order valence-electron chi connectivity index (χ3n) is 4.50. The first kappa shape index (κ1) is 12.9. The van der Waals surface area contributed by atoms with Crippen molar-refractivity contribution >= 4 is 0 Å². The molecule has 2 unspecified atom stereocenters. The fraction of sp³-hybridized carbons (Fsp3) is 0.625. The molecule has 2 atom stereocenters. The average molecular weight is 261 g/mol. The zero-order valence-electron chi connectivity index (χ0n) is 11.4. The maximum absolute atomic E-state index is 9.52. The Labute approximate surface area is 115 Å². The summed E-state index contributed by atoms with van der Waals surface area (Å²) in [6.07, 6.45) is 4.75. The minimum absolute atomic E-state index is 0.296. The highest BCUT2D eigenvalue weighted by molar-refractivity contribution is 5.37. The molecule has 0 amide bonds. The van der Waals surface area contributed by atoms with Gasteiger partial charge in [-0.2, -0.15) is 0 Å². The van der Waals surface area contributed by atoms with Crippen LogP contribution in [0.15, 0.2) is 24.3 Å². The van der Waals surface area contributed by atoms with Crippen LogP contribution in [-0.2, 0) is 0 Å². The summed E-state index contributed by atoms with van der Waals surface area (Å²) in [5, 5.41) is 9.52. The topological polar surface area (TPSA) is 32.7 Å². The summed E-state index contributed by atoms with van der Waals surface area (Å²) in [4.78, 5) is 2.48. The SMILES string of the molecule is OCC1CCCCN1CC1CCOc2ccccc21. The minimum Gasteiger partial charge on any atom is -0.493 e. The van der Waals surface area contributed by atoms with Gasteiger partial charge in [-0.05, 0) is 37.4 Å². The second kappa shape index (κ2) is 5.93. The van der Waals surface area contributed by atoms with E-state index < -0.39 is 0 Å². The molecule has 2 aliphatic heterocycles. The Morgan fingerprint density at radius 1 is 1.21 bits per heavy atom. The van der Waals surface area contributed by atoms with Crippen LogP contribution in [0.25, 0.3) is 0 Å². The normalized spacial score (nSPS) is 27.6. The van der Waals surface area contributed by atoms with Crippen LogP contribution < -0.4 is 4.74 Å². The van der Waals surface area contributed by atoms with Gasteiger partial charge in [0.2, 0.25) is 0 Å². The van der Waals surface area contributed by atoms with Crippen molar-refractivity contribution in [3.63, 3.8) is 0 Å². The Hall–Kier alpha value is -1.06. The number of benzene rings is 1. The zero-order chi connectivity index (χ0) is 13.1. The first-order valence-electron chi connectivity index (χ1n) is 7.45. The Bertz CT molecular complexity index is 421. The number of para-hydroxylation sites is 1. The van der Waals surface area contributed by atoms with Gasteiger partial charge in [0.15, 0.2) is 0 Å². The molecule has 3 heteroatoms. The van der Waals surface area contributed by atoms with Crippen molar-refractivity contribution in [1.82, 2.24) is 4.90 Å². The number of aliphatic hydroxyl groups is 1. The number of likely N-dealkylation sites (tertiary alicyclic amines) is 1. The molecular formula is C16H23NO2. The second-order valence-corrected chi connectivity index (χ2v) is 5.70. The van der Waals surface area contributed by atoms with Crippen LogP contribution in [0, 0.1) is 0 Å². The highest BCUT2D eigenvalue weighted by Crippen LogP contribution is 2.34. The van der Waals surface area contributed by atoms with Gasteiger partial charge >= 0.3 is 0 Å². The van der Waals surface area contributed by atoms with E-state index in [0.29, 0.717) is 18.6 Å². The van der Waals surface area contributed by atoms with Gasteiger partial charge in [0.1, 0.15) is 5.75 Å². The zero-order valence-corrected chi connectivity index (χ0v) is 11.4. The van der Waals surface area contributed by atoms with E-state index in [4.69, 9.17) is 4.74 Å². The van der Waals surface area contributed by atoms with Crippen LogP contribution in [-0.4, -0.2) is 42.4 Å². The molecule has 1 aromatic carbocycles. The third-order valence-corrected chi connectivity index (χ3v) is 4.50. The number of aliphatic hydroxyl groups excluding tert-OH is 1. The fourth-order valence-corrected chi connectivity index (χ4v) is 3.40. The number of hydrogen-bond acceptors (Lipinski definition) is 3. The molecule has 2 heterocycles. The van der Waals surface area contributed by atoms with Crippen molar-refractivity contribution in [2.75, 3.05) is 26.3 Å². The lowest BCUT2D eigenvalue weighted by atomic mass is 9.91. The molecule has 1 saturated heterocycles. The number of ether oxygens (including phenoxy) is 1. The van der Waals surface area contributed by atoms with Crippen LogP contribution in [0.1, 0.15) is 37.2 Å². The third kappa shape index (κ3) is 2.77. The highest BCUT2D eigenvalue weighted by atomic mass is 16.5. The molecule has 104 valence electrons. The van der Waals surface area contributed by atoms with Crippen LogP contribution in [0.3, 0.4) is 0 Å². The van der Waals surface area contributed by atoms with Crippen molar-refractivity contribution in [2.45, 2.75) is 37.6 Å². The van der Waals surface area contributed by atoms with Gasteiger partial charge in [-0.15, -0.1) is 0 Å². The molecule has 19 heavy (non-hydrogen) atoms. The van der Waals surface area contributed by atoms with Crippen LogP contribution in [0.5, 0.6) is 5.75 Å². The lowest BCUT2D eigenvalue weighted by Gasteiger charge is -2.38. The molecule has 0 radical (unpaired) electrons. The molecular weight excluding hydrogens is 238 g/mol. The van der Waals surface area contributed by atoms with Crippen LogP contribution >= 0.6 is 0 Å². The second-order valence-electron chi connectivity index (χ2n) is 5.70. The van der Waals surface area contributed by atoms with E-state index in [1.807, 2.05) is 6.07 Å². The quantitative estimate of drug-likeness (QED) is 0.907. The molecule has 1 fully saturated rings. The number of rotatable bonds is 3. The Morgan fingerprint density at radius 2 is 2.11 bits per heavy atom. The first-order valence-corrected chi connectivity index (χ1v) is 7.45. The predicted octanol–water partition coefficient (Wildman–Crippen LogP) is 2.40. The molecule has 0 saturated carbocycles. The van der Waals surface area contributed by atoms with Crippen molar-refractivity contribution in [1.29, 1.82) is 0 Å². The largest absolute Gasteiger partial charge is 0.493 e. The Kier molecular flexibility index (Phi) is 4.04. The highest BCUT2D eigenvalue weighted by Gasteiger charge is 2.28. The van der Waals surface area contributed by atoms with E-state index in [-0.39, 0.29) is 0 Å². The number of fused-ring (bicyclic) bond motifs is 1. The smallest absolute Gasteiger partial charge is 0.122 e. The maximum atomic E-state index is 9.52. The van der Waals surface area contributed by atoms with Gasteiger partial charge in [0.05, 0.1) is 13.2 Å². The van der Waals surface area contributed by atoms with E-state index in [1.165, 1.54) is 18.4 Å². The number of piperidine rings is 1. The molecule has 0 spiro atoms. The van der Waals surface area contributed by atoms with E-state index in [2.05, 4.69) is 23.1 Å². The van der Waals surface area contributed by atoms with E-state index in [9.17, 15) is 5.11 Å². The Morgan fingerprint density at radius 3 is 3.00 bits per heavy atom. The molecule has 0 bridgehead atoms. The van der Waals surface area contributed by atoms with Gasteiger partial charge in [-0.1, -0.05) is 24.6 Å². The monoisotopic (exact) mass is 261 g/mol. The molecule has 1 N–H and O–H groups in total. The summed E-state index contributed by atoms with van der Waals surface area (Å²) in [6.45, 7) is 3.31. The molecule has 0 aromatic heterocycles. The molecule has 3 rings (SSSR count). The van der Waals surface area contributed by atoms with Crippen LogP contribution in [0.4, 0.5) is 0 Å². The summed E-state index contributed by atoms with van der Waals surface area (Å²) in [6, 6.07) is 8.76. The lowest BCUT2D eigenvalue weighted by molar-refractivity contribution is 0.0795. The molecule has 2 aliphatic rings.